The van der Waals surface area contributed by atoms with Crippen LogP contribution in [0.25, 0.3) is 0 Å². The summed E-state index contributed by atoms with van der Waals surface area (Å²) in [5, 5.41) is 12.2. The summed E-state index contributed by atoms with van der Waals surface area (Å²) < 4.78 is 2.42. The molecule has 0 aliphatic heterocycles. The van der Waals surface area contributed by atoms with Crippen LogP contribution in [0, 0.1) is 5.92 Å². The molecule has 7 nitrogen and oxygen atoms in total. The molecule has 0 aromatic carbocycles. The van der Waals surface area contributed by atoms with Crippen LogP contribution in [0.4, 0.5) is 11.5 Å². The molecule has 0 aliphatic carbocycles. The molecule has 4 N–H and O–H groups in total. The molecule has 1 atom stereocenters. The van der Waals surface area contributed by atoms with Gasteiger partial charge >= 0.3 is 5.69 Å². The third-order valence-corrected chi connectivity index (χ3v) is 3.19. The zero-order valence-corrected chi connectivity index (χ0v) is 12.5. The van der Waals surface area contributed by atoms with Gasteiger partial charge in [-0.1, -0.05) is 20.8 Å². The molecule has 1 unspecified atom stereocenters. The Morgan fingerprint density at radius 3 is 2.40 bits per heavy atom. The predicted molar refractivity (Wildman–Crippen MR) is 80.0 cm³/mol. The quantitative estimate of drug-likeness (QED) is 0.680. The van der Waals surface area contributed by atoms with Gasteiger partial charge in [-0.05, 0) is 12.3 Å². The maximum atomic E-state index is 12.1. The van der Waals surface area contributed by atoms with Gasteiger partial charge in [-0.3, -0.25) is 13.9 Å². The molecule has 0 bridgehead atoms. The van der Waals surface area contributed by atoms with Crippen LogP contribution in [0.5, 0.6) is 0 Å². The lowest BCUT2D eigenvalue weighted by Crippen LogP contribution is -2.42. The topological polar surface area (TPSA) is 102 Å². The number of hydrogen-bond acceptors (Lipinski definition) is 5. The van der Waals surface area contributed by atoms with Gasteiger partial charge < -0.3 is 16.2 Å². The van der Waals surface area contributed by atoms with Crippen LogP contribution in [0.1, 0.15) is 27.2 Å². The van der Waals surface area contributed by atoms with Crippen molar-refractivity contribution in [1.29, 1.82) is 0 Å². The monoisotopic (exact) mass is 284 g/mol. The van der Waals surface area contributed by atoms with Crippen LogP contribution < -0.4 is 22.3 Å². The van der Waals surface area contributed by atoms with E-state index in [1.165, 1.54) is 11.6 Å². The molecule has 1 rings (SSSR count). The van der Waals surface area contributed by atoms with E-state index in [1.54, 1.807) is 0 Å². The first-order chi connectivity index (χ1) is 9.33. The Kier molecular flexibility index (Phi) is 5.38. The first-order valence-corrected chi connectivity index (χ1v) is 6.80. The first kappa shape index (κ1) is 16.3. The minimum Gasteiger partial charge on any atom is -0.394 e. The lowest BCUT2D eigenvalue weighted by Gasteiger charge is -2.20. The zero-order valence-electron chi connectivity index (χ0n) is 12.5. The normalized spacial score (nSPS) is 12.7. The fraction of sp³-hybridized carbons (Fsp3) is 0.692. The highest BCUT2D eigenvalue weighted by Crippen LogP contribution is 2.14. The molecular formula is C13H24N4O3. The fourth-order valence-electron chi connectivity index (χ4n) is 1.94. The van der Waals surface area contributed by atoms with Crippen molar-refractivity contribution in [2.24, 2.45) is 13.0 Å². The van der Waals surface area contributed by atoms with Crippen LogP contribution in [-0.4, -0.2) is 26.9 Å². The zero-order chi connectivity index (χ0) is 15.4. The smallest absolute Gasteiger partial charge is 0.332 e. The van der Waals surface area contributed by atoms with Gasteiger partial charge in [0.05, 0.1) is 6.61 Å². The molecule has 0 fully saturated rings. The fourth-order valence-corrected chi connectivity index (χ4v) is 1.94. The number of nitrogens with zero attached hydrogens (tertiary/aromatic N) is 2. The summed E-state index contributed by atoms with van der Waals surface area (Å²) in [6.45, 7) is 6.14. The molecule has 0 amide bonds. The number of aromatic nitrogens is 2. The molecule has 20 heavy (non-hydrogen) atoms. The van der Waals surface area contributed by atoms with Gasteiger partial charge in [0.1, 0.15) is 11.5 Å². The minimum absolute atomic E-state index is 0.109. The van der Waals surface area contributed by atoms with E-state index in [9.17, 15) is 14.7 Å². The van der Waals surface area contributed by atoms with Crippen molar-refractivity contribution < 1.29 is 5.11 Å². The Bertz CT molecular complexity index is 570. The molecule has 0 radical (unpaired) electrons. The average Bonchev–Trinajstić information content (AvgIpc) is 2.41. The van der Waals surface area contributed by atoms with E-state index in [-0.39, 0.29) is 30.1 Å². The molecule has 7 heteroatoms. The maximum absolute atomic E-state index is 12.1. The Balaban J connectivity index is 3.41. The molecule has 0 aliphatic rings. The Morgan fingerprint density at radius 2 is 1.95 bits per heavy atom. The molecule has 1 aromatic rings. The van der Waals surface area contributed by atoms with Gasteiger partial charge in [0.2, 0.25) is 0 Å². The van der Waals surface area contributed by atoms with Crippen molar-refractivity contribution in [3.63, 3.8) is 0 Å². The van der Waals surface area contributed by atoms with E-state index < -0.39 is 11.2 Å². The number of anilines is 2. The molecule has 0 saturated heterocycles. The lowest BCUT2D eigenvalue weighted by atomic mass is 10.2. The van der Waals surface area contributed by atoms with Gasteiger partial charge in [-0.15, -0.1) is 0 Å². The number of nitrogens with one attached hydrogen (secondary N) is 1. The van der Waals surface area contributed by atoms with Gasteiger partial charge in [0.15, 0.2) is 0 Å². The highest BCUT2D eigenvalue weighted by atomic mass is 16.3. The molecule has 114 valence electrons. The molecular weight excluding hydrogens is 260 g/mol. The second-order valence-electron chi connectivity index (χ2n) is 5.34. The molecule has 1 aromatic heterocycles. The largest absolute Gasteiger partial charge is 0.394 e. The van der Waals surface area contributed by atoms with Crippen LogP contribution in [0.2, 0.25) is 0 Å². The molecule has 0 spiro atoms. The van der Waals surface area contributed by atoms with E-state index in [1.807, 2.05) is 20.8 Å². The van der Waals surface area contributed by atoms with Crippen LogP contribution in [-0.2, 0) is 13.6 Å². The van der Waals surface area contributed by atoms with Crippen molar-refractivity contribution in [2.45, 2.75) is 39.8 Å². The lowest BCUT2D eigenvalue weighted by molar-refractivity contribution is 0.271. The van der Waals surface area contributed by atoms with E-state index in [0.29, 0.717) is 13.0 Å². The van der Waals surface area contributed by atoms with E-state index in [2.05, 4.69) is 5.32 Å². The second-order valence-corrected chi connectivity index (χ2v) is 5.34. The Morgan fingerprint density at radius 1 is 1.35 bits per heavy atom. The third-order valence-electron chi connectivity index (χ3n) is 3.19. The number of aliphatic hydroxyl groups excluding tert-OH is 1. The number of nitrogen functional groups attached to an aromatic ring is 1. The molecule has 0 saturated carbocycles. The summed E-state index contributed by atoms with van der Waals surface area (Å²) in [5.41, 5.74) is 5.24. The van der Waals surface area contributed by atoms with Crippen molar-refractivity contribution >= 4 is 11.5 Å². The average molecular weight is 284 g/mol. The number of nitrogens with two attached hydrogens (primary N) is 1. The van der Waals surface area contributed by atoms with Gasteiger partial charge in [0.25, 0.3) is 5.56 Å². The SMILES string of the molecule is CCC(CO)Nc1c(N)n(CC(C)C)c(=O)n(C)c1=O. The van der Waals surface area contributed by atoms with Gasteiger partial charge in [0, 0.05) is 19.6 Å². The van der Waals surface area contributed by atoms with Crippen molar-refractivity contribution in [3.8, 4) is 0 Å². The standard InChI is InChI=1S/C13H24N4O3/c1-5-9(7-18)15-10-11(14)17(6-8(2)3)13(20)16(4)12(10)19/h8-9,15,18H,5-7,14H2,1-4H3. The van der Waals surface area contributed by atoms with E-state index in [0.717, 1.165) is 4.57 Å². The maximum Gasteiger partial charge on any atom is 0.332 e. The van der Waals surface area contributed by atoms with Gasteiger partial charge in [-0.25, -0.2) is 4.79 Å². The van der Waals surface area contributed by atoms with E-state index in [4.69, 9.17) is 5.73 Å². The summed E-state index contributed by atoms with van der Waals surface area (Å²) in [6, 6.07) is -0.269. The summed E-state index contributed by atoms with van der Waals surface area (Å²) >= 11 is 0. The van der Waals surface area contributed by atoms with Crippen LogP contribution in [0.3, 0.4) is 0 Å². The summed E-state index contributed by atoms with van der Waals surface area (Å²) in [4.78, 5) is 24.2. The van der Waals surface area contributed by atoms with Crippen LogP contribution in [0.15, 0.2) is 9.59 Å². The van der Waals surface area contributed by atoms with Crippen molar-refractivity contribution in [3.05, 3.63) is 20.8 Å². The number of hydrogen-bond donors (Lipinski definition) is 3. The van der Waals surface area contributed by atoms with Gasteiger partial charge in [-0.2, -0.15) is 0 Å². The highest BCUT2D eigenvalue weighted by molar-refractivity contribution is 5.61. The third kappa shape index (κ3) is 3.22. The number of rotatable bonds is 6. The Labute approximate surface area is 118 Å². The molecule has 1 heterocycles. The van der Waals surface area contributed by atoms with Crippen molar-refractivity contribution in [1.82, 2.24) is 9.13 Å². The summed E-state index contributed by atoms with van der Waals surface area (Å²) in [5.74, 6) is 0.346. The van der Waals surface area contributed by atoms with Crippen molar-refractivity contribution in [2.75, 3.05) is 17.7 Å². The number of aliphatic hydroxyl groups is 1. The summed E-state index contributed by atoms with van der Waals surface area (Å²) in [7, 11) is 1.42. The Hall–Kier alpha value is -1.76. The second kappa shape index (κ2) is 6.60. The van der Waals surface area contributed by atoms with E-state index >= 15 is 0 Å². The first-order valence-electron chi connectivity index (χ1n) is 6.80. The predicted octanol–water partition coefficient (Wildman–Crippen LogP) is -0.0320. The van der Waals surface area contributed by atoms with Crippen LogP contribution >= 0.6 is 0 Å². The highest BCUT2D eigenvalue weighted by Gasteiger charge is 2.18. The summed E-state index contributed by atoms with van der Waals surface area (Å²) in [6.07, 6.45) is 0.641. The minimum atomic E-state index is -0.473.